The molecule has 0 bridgehead atoms. The Kier molecular flexibility index (Phi) is 7.40. The van der Waals surface area contributed by atoms with Gasteiger partial charge in [-0.1, -0.05) is 26.8 Å². The molecule has 1 heterocycles. The monoisotopic (exact) mass is 296 g/mol. The van der Waals surface area contributed by atoms with Crippen molar-refractivity contribution in [1.29, 1.82) is 0 Å². The summed E-state index contributed by atoms with van der Waals surface area (Å²) in [5.74, 6) is 0.0688. The number of hydrogen-bond donors (Lipinski definition) is 1. The van der Waals surface area contributed by atoms with Crippen molar-refractivity contribution in [2.45, 2.75) is 70.6 Å². The molecule has 0 aromatic heterocycles. The van der Waals surface area contributed by atoms with Gasteiger partial charge in [-0.2, -0.15) is 5.10 Å². The minimum absolute atomic E-state index is 0.0688. The van der Waals surface area contributed by atoms with E-state index in [0.717, 1.165) is 38.6 Å². The van der Waals surface area contributed by atoms with Crippen LogP contribution in [0.2, 0.25) is 0 Å². The highest BCUT2D eigenvalue weighted by atomic mass is 16.5. The highest BCUT2D eigenvalue weighted by Gasteiger charge is 2.41. The van der Waals surface area contributed by atoms with Gasteiger partial charge in [0.05, 0.1) is 24.0 Å². The third kappa shape index (κ3) is 4.07. The number of methoxy groups -OCH3 is 1. The van der Waals surface area contributed by atoms with Crippen LogP contribution < -0.4 is 0 Å². The minimum Gasteiger partial charge on any atom is -0.387 e. The van der Waals surface area contributed by atoms with Crippen LogP contribution in [0, 0.1) is 5.92 Å². The number of hydrogen-bond acceptors (Lipinski definition) is 4. The Hall–Kier alpha value is -0.870. The smallest absolute Gasteiger partial charge is 0.0971 e. The van der Waals surface area contributed by atoms with Crippen LogP contribution in [-0.2, 0) is 4.74 Å². The molecule has 1 aliphatic rings. The van der Waals surface area contributed by atoms with Crippen molar-refractivity contribution in [3.05, 3.63) is 12.7 Å². The Morgan fingerprint density at radius 2 is 2.10 bits per heavy atom. The lowest BCUT2D eigenvalue weighted by molar-refractivity contribution is -0.0732. The zero-order valence-electron chi connectivity index (χ0n) is 14.1. The summed E-state index contributed by atoms with van der Waals surface area (Å²) in [5.41, 5.74) is -0.138. The maximum Gasteiger partial charge on any atom is 0.0971 e. The van der Waals surface area contributed by atoms with Crippen LogP contribution in [-0.4, -0.2) is 47.7 Å². The van der Waals surface area contributed by atoms with E-state index in [-0.39, 0.29) is 11.5 Å². The molecule has 1 aliphatic heterocycles. The summed E-state index contributed by atoms with van der Waals surface area (Å²) in [7, 11) is 1.80. The lowest BCUT2D eigenvalue weighted by atomic mass is 9.87. The Bertz CT molecular complexity index is 331. The van der Waals surface area contributed by atoms with Crippen molar-refractivity contribution in [3.63, 3.8) is 0 Å². The number of hydrazone groups is 1. The van der Waals surface area contributed by atoms with Crippen LogP contribution in [0.5, 0.6) is 0 Å². The van der Waals surface area contributed by atoms with Crippen molar-refractivity contribution in [3.8, 4) is 0 Å². The van der Waals surface area contributed by atoms with Gasteiger partial charge in [0.1, 0.15) is 0 Å². The topological polar surface area (TPSA) is 45.1 Å². The van der Waals surface area contributed by atoms with Crippen molar-refractivity contribution in [2.75, 3.05) is 13.7 Å². The molecule has 0 spiro atoms. The summed E-state index contributed by atoms with van der Waals surface area (Å²) in [6.45, 7) is 11.1. The quantitative estimate of drug-likeness (QED) is 0.525. The van der Waals surface area contributed by atoms with E-state index in [1.54, 1.807) is 19.4 Å². The molecule has 1 rings (SSSR count). The van der Waals surface area contributed by atoms with Crippen molar-refractivity contribution < 1.29 is 9.84 Å². The first-order valence-corrected chi connectivity index (χ1v) is 8.25. The normalized spacial score (nSPS) is 22.7. The summed E-state index contributed by atoms with van der Waals surface area (Å²) >= 11 is 0. The highest BCUT2D eigenvalue weighted by molar-refractivity contribution is 5.63. The zero-order chi connectivity index (χ0) is 15.9. The second-order valence-corrected chi connectivity index (χ2v) is 5.86. The number of nitrogens with zero attached hydrogens (tertiary/aromatic N) is 2. The van der Waals surface area contributed by atoms with Gasteiger partial charge >= 0.3 is 0 Å². The molecule has 4 heteroatoms. The van der Waals surface area contributed by atoms with Gasteiger partial charge < -0.3 is 9.84 Å². The van der Waals surface area contributed by atoms with Gasteiger partial charge in [-0.3, -0.25) is 5.01 Å². The fourth-order valence-corrected chi connectivity index (χ4v) is 3.38. The molecule has 1 fully saturated rings. The fraction of sp³-hybridized carbons (Fsp3) is 0.824. The maximum absolute atomic E-state index is 10.2. The molecule has 0 amide bonds. The molecule has 0 saturated carbocycles. The number of ether oxygens (including phenoxy) is 1. The van der Waals surface area contributed by atoms with Crippen molar-refractivity contribution >= 4 is 6.21 Å². The van der Waals surface area contributed by atoms with E-state index in [9.17, 15) is 5.11 Å². The summed E-state index contributed by atoms with van der Waals surface area (Å²) in [6.07, 6.45) is 7.95. The molecular weight excluding hydrogens is 264 g/mol. The third-order valence-corrected chi connectivity index (χ3v) is 5.02. The molecular formula is C17H32N2O2. The van der Waals surface area contributed by atoms with E-state index in [2.05, 4.69) is 30.5 Å². The molecule has 0 unspecified atom stereocenters. The lowest BCUT2D eigenvalue weighted by Crippen LogP contribution is -2.48. The van der Waals surface area contributed by atoms with Gasteiger partial charge in [0.25, 0.3) is 0 Å². The third-order valence-electron chi connectivity index (χ3n) is 5.02. The highest BCUT2D eigenvalue weighted by Crippen LogP contribution is 2.34. The Morgan fingerprint density at radius 1 is 1.43 bits per heavy atom. The van der Waals surface area contributed by atoms with Crippen LogP contribution in [0.1, 0.15) is 52.9 Å². The van der Waals surface area contributed by atoms with Crippen LogP contribution in [0.25, 0.3) is 0 Å². The lowest BCUT2D eigenvalue weighted by Gasteiger charge is -2.40. The molecule has 21 heavy (non-hydrogen) atoms. The van der Waals surface area contributed by atoms with Crippen LogP contribution in [0.4, 0.5) is 0 Å². The average molecular weight is 296 g/mol. The van der Waals surface area contributed by atoms with Gasteiger partial charge in [0.2, 0.25) is 0 Å². The van der Waals surface area contributed by atoms with Crippen LogP contribution in [0.3, 0.4) is 0 Å². The Morgan fingerprint density at radius 3 is 2.57 bits per heavy atom. The molecule has 1 saturated heterocycles. The molecule has 3 atom stereocenters. The van der Waals surface area contributed by atoms with Crippen LogP contribution in [0.15, 0.2) is 17.8 Å². The number of aliphatic hydroxyl groups is 1. The average Bonchev–Trinajstić information content (AvgIpc) is 2.98. The first kappa shape index (κ1) is 18.2. The second kappa shape index (κ2) is 8.54. The predicted octanol–water partition coefficient (Wildman–Crippen LogP) is 3.21. The minimum atomic E-state index is -0.561. The maximum atomic E-state index is 10.2. The van der Waals surface area contributed by atoms with E-state index in [1.165, 1.54) is 0 Å². The molecule has 0 aliphatic carbocycles. The number of aliphatic hydroxyl groups excluding tert-OH is 1. The molecule has 122 valence electrons. The van der Waals surface area contributed by atoms with E-state index < -0.39 is 6.10 Å². The summed E-state index contributed by atoms with van der Waals surface area (Å²) in [4.78, 5) is 0. The van der Waals surface area contributed by atoms with Crippen molar-refractivity contribution in [2.24, 2.45) is 11.0 Å². The van der Waals surface area contributed by atoms with Gasteiger partial charge in [-0.15, -0.1) is 6.58 Å². The molecule has 0 radical (unpaired) electrons. The zero-order valence-corrected chi connectivity index (χ0v) is 14.1. The number of rotatable bonds is 9. The van der Waals surface area contributed by atoms with E-state index >= 15 is 0 Å². The Labute approximate surface area is 129 Å². The van der Waals surface area contributed by atoms with Gasteiger partial charge in [0.15, 0.2) is 0 Å². The second-order valence-electron chi connectivity index (χ2n) is 5.86. The van der Waals surface area contributed by atoms with E-state index in [0.29, 0.717) is 6.04 Å². The predicted molar refractivity (Wildman–Crippen MR) is 88.5 cm³/mol. The SMILES string of the molecule is C=C[C@H](CC)[C@@H](O)/C=N/N1CCC[C@H]1C(CC)(CC)OC. The summed E-state index contributed by atoms with van der Waals surface area (Å²) in [5, 5.41) is 16.8. The molecule has 0 aromatic rings. The largest absolute Gasteiger partial charge is 0.387 e. The van der Waals surface area contributed by atoms with Gasteiger partial charge in [-0.05, 0) is 32.1 Å². The molecule has 4 nitrogen and oxygen atoms in total. The molecule has 1 N–H and O–H groups in total. The Balaban J connectivity index is 2.80. The summed E-state index contributed by atoms with van der Waals surface area (Å²) < 4.78 is 5.85. The van der Waals surface area contributed by atoms with E-state index in [4.69, 9.17) is 4.74 Å². The first-order chi connectivity index (χ1) is 10.1. The fourth-order valence-electron chi connectivity index (χ4n) is 3.38. The first-order valence-electron chi connectivity index (χ1n) is 8.25. The molecule has 0 aromatic carbocycles. The van der Waals surface area contributed by atoms with E-state index in [1.807, 2.05) is 6.92 Å². The standard InChI is InChI=1S/C17H32N2O2/c1-6-14(7-2)15(20)13-18-19-12-10-11-16(19)17(8-3,9-4)21-5/h6,13-16,20H,1,7-12H2,2-5H3/b18-13+/t14-,15+,16+/m1/s1. The van der Waals surface area contributed by atoms with Crippen molar-refractivity contribution in [1.82, 2.24) is 5.01 Å². The van der Waals surface area contributed by atoms with Crippen LogP contribution >= 0.6 is 0 Å². The summed E-state index contributed by atoms with van der Waals surface area (Å²) in [6, 6.07) is 0.296. The van der Waals surface area contributed by atoms with Gasteiger partial charge in [-0.25, -0.2) is 0 Å². The van der Waals surface area contributed by atoms with Gasteiger partial charge in [0, 0.05) is 19.6 Å².